The molecule has 0 aliphatic rings. The van der Waals surface area contributed by atoms with Crippen LogP contribution >= 0.6 is 0 Å². The van der Waals surface area contributed by atoms with Crippen LogP contribution in [0, 0.1) is 0 Å². The molecule has 1 heterocycles. The molecule has 2 rings (SSSR count). The predicted octanol–water partition coefficient (Wildman–Crippen LogP) is 2.40. The first-order valence-electron chi connectivity index (χ1n) is 6.85. The highest BCUT2D eigenvalue weighted by Gasteiger charge is 2.21. The minimum absolute atomic E-state index is 0.142. The van der Waals surface area contributed by atoms with Gasteiger partial charge in [-0.3, -0.25) is 4.68 Å². The Labute approximate surface area is 114 Å². The van der Waals surface area contributed by atoms with Crippen LogP contribution in [0.4, 0.5) is 0 Å². The fourth-order valence-corrected chi connectivity index (χ4v) is 2.47. The maximum Gasteiger partial charge on any atom is 0.138 e. The lowest BCUT2D eigenvalue weighted by Crippen LogP contribution is -2.23. The second kappa shape index (κ2) is 6.48. The molecule has 0 aliphatic heterocycles. The highest BCUT2D eigenvalue weighted by atomic mass is 16.3. The lowest BCUT2D eigenvalue weighted by Gasteiger charge is -2.21. The summed E-state index contributed by atoms with van der Waals surface area (Å²) < 4.78 is 1.83. The Morgan fingerprint density at radius 3 is 2.58 bits per heavy atom. The number of aromatic nitrogens is 3. The van der Waals surface area contributed by atoms with Crippen LogP contribution in [0.1, 0.15) is 37.6 Å². The number of rotatable bonds is 6. The predicted molar refractivity (Wildman–Crippen MR) is 74.9 cm³/mol. The Morgan fingerprint density at radius 1 is 1.21 bits per heavy atom. The molecule has 0 radical (unpaired) electrons. The quantitative estimate of drug-likeness (QED) is 0.866. The van der Waals surface area contributed by atoms with Crippen molar-refractivity contribution < 1.29 is 5.11 Å². The van der Waals surface area contributed by atoms with Gasteiger partial charge in [-0.15, -0.1) is 0 Å². The summed E-state index contributed by atoms with van der Waals surface area (Å²) in [5, 5.41) is 14.6. The van der Waals surface area contributed by atoms with Crippen LogP contribution in [0.2, 0.25) is 0 Å². The summed E-state index contributed by atoms with van der Waals surface area (Å²) in [7, 11) is 0. The van der Waals surface area contributed by atoms with Crippen molar-refractivity contribution in [2.24, 2.45) is 0 Å². The molecule has 4 nitrogen and oxygen atoms in total. The third kappa shape index (κ3) is 3.20. The van der Waals surface area contributed by atoms with Gasteiger partial charge in [0.25, 0.3) is 0 Å². The van der Waals surface area contributed by atoms with Crippen LogP contribution in [-0.2, 0) is 13.0 Å². The van der Waals surface area contributed by atoms with Crippen LogP contribution in [0.5, 0.6) is 0 Å². The van der Waals surface area contributed by atoms with Crippen LogP contribution < -0.4 is 0 Å². The van der Waals surface area contributed by atoms with Crippen LogP contribution in [-0.4, -0.2) is 26.0 Å². The molecule has 0 amide bonds. The molecular formula is C15H21N3O. The number of aliphatic hydroxyl groups excluding tert-OH is 1. The first-order chi connectivity index (χ1) is 9.26. The van der Waals surface area contributed by atoms with Gasteiger partial charge in [-0.1, -0.05) is 37.3 Å². The largest absolute Gasteiger partial charge is 0.392 e. The van der Waals surface area contributed by atoms with Crippen molar-refractivity contribution in [3.05, 3.63) is 48.0 Å². The zero-order valence-corrected chi connectivity index (χ0v) is 11.5. The van der Waals surface area contributed by atoms with E-state index in [1.165, 1.54) is 5.56 Å². The smallest absolute Gasteiger partial charge is 0.138 e. The Morgan fingerprint density at radius 2 is 1.95 bits per heavy atom. The third-order valence-corrected chi connectivity index (χ3v) is 3.52. The highest BCUT2D eigenvalue weighted by Crippen LogP contribution is 2.25. The molecule has 2 unspecified atom stereocenters. The zero-order chi connectivity index (χ0) is 13.7. The average molecular weight is 259 g/mol. The van der Waals surface area contributed by atoms with Gasteiger partial charge in [-0.05, 0) is 18.9 Å². The average Bonchev–Trinajstić information content (AvgIpc) is 2.88. The SMILES string of the molecule is CCC(c1ccccc1)C(O)Cc1ncnn1CC. The van der Waals surface area contributed by atoms with Crippen molar-refractivity contribution in [3.8, 4) is 0 Å². The van der Waals surface area contributed by atoms with E-state index in [9.17, 15) is 5.11 Å². The summed E-state index contributed by atoms with van der Waals surface area (Å²) in [6.45, 7) is 4.91. The molecule has 1 aromatic heterocycles. The van der Waals surface area contributed by atoms with Crippen molar-refractivity contribution in [2.75, 3.05) is 0 Å². The van der Waals surface area contributed by atoms with E-state index in [1.54, 1.807) is 6.33 Å². The van der Waals surface area contributed by atoms with Crippen molar-refractivity contribution in [2.45, 2.75) is 45.3 Å². The van der Waals surface area contributed by atoms with E-state index in [4.69, 9.17) is 0 Å². The first kappa shape index (κ1) is 13.7. The van der Waals surface area contributed by atoms with Gasteiger partial charge in [0.05, 0.1) is 6.10 Å². The Bertz CT molecular complexity index is 495. The van der Waals surface area contributed by atoms with E-state index in [0.717, 1.165) is 18.8 Å². The van der Waals surface area contributed by atoms with Crippen LogP contribution in [0.3, 0.4) is 0 Å². The minimum Gasteiger partial charge on any atom is -0.392 e. The van der Waals surface area contributed by atoms with E-state index < -0.39 is 6.10 Å². The van der Waals surface area contributed by atoms with Gasteiger partial charge in [0.15, 0.2) is 0 Å². The number of benzene rings is 1. The lowest BCUT2D eigenvalue weighted by molar-refractivity contribution is 0.137. The number of hydrogen-bond acceptors (Lipinski definition) is 3. The summed E-state index contributed by atoms with van der Waals surface area (Å²) in [6, 6.07) is 10.2. The van der Waals surface area contributed by atoms with Gasteiger partial charge in [-0.25, -0.2) is 4.98 Å². The van der Waals surface area contributed by atoms with Crippen molar-refractivity contribution in [3.63, 3.8) is 0 Å². The minimum atomic E-state index is -0.429. The van der Waals surface area contributed by atoms with Gasteiger partial charge < -0.3 is 5.11 Å². The summed E-state index contributed by atoms with van der Waals surface area (Å²) in [5.41, 5.74) is 1.18. The van der Waals surface area contributed by atoms with Gasteiger partial charge in [0, 0.05) is 18.9 Å². The zero-order valence-electron chi connectivity index (χ0n) is 11.5. The molecule has 0 fully saturated rings. The summed E-state index contributed by atoms with van der Waals surface area (Å²) >= 11 is 0. The second-order valence-corrected chi connectivity index (χ2v) is 4.69. The number of aliphatic hydroxyl groups is 1. The second-order valence-electron chi connectivity index (χ2n) is 4.69. The summed E-state index contributed by atoms with van der Waals surface area (Å²) in [6.07, 6.45) is 2.57. The van der Waals surface area contributed by atoms with Crippen LogP contribution in [0.25, 0.3) is 0 Å². The van der Waals surface area contributed by atoms with Gasteiger partial charge in [0.2, 0.25) is 0 Å². The van der Waals surface area contributed by atoms with E-state index in [1.807, 2.05) is 29.8 Å². The van der Waals surface area contributed by atoms with E-state index in [0.29, 0.717) is 6.42 Å². The Kier molecular flexibility index (Phi) is 4.68. The van der Waals surface area contributed by atoms with Gasteiger partial charge in [-0.2, -0.15) is 5.10 Å². The molecule has 0 saturated heterocycles. The van der Waals surface area contributed by atoms with E-state index in [-0.39, 0.29) is 5.92 Å². The Balaban J connectivity index is 2.11. The molecule has 1 N–H and O–H groups in total. The molecule has 4 heteroatoms. The van der Waals surface area contributed by atoms with Gasteiger partial charge in [0.1, 0.15) is 12.2 Å². The Hall–Kier alpha value is -1.68. The fraction of sp³-hybridized carbons (Fsp3) is 0.467. The van der Waals surface area contributed by atoms with Crippen molar-refractivity contribution >= 4 is 0 Å². The number of aryl methyl sites for hydroxylation is 1. The summed E-state index contributed by atoms with van der Waals surface area (Å²) in [5.74, 6) is 0.993. The summed E-state index contributed by atoms with van der Waals surface area (Å²) in [4.78, 5) is 4.23. The molecule has 2 atom stereocenters. The maximum atomic E-state index is 10.5. The molecule has 0 spiro atoms. The molecule has 102 valence electrons. The molecular weight excluding hydrogens is 238 g/mol. The standard InChI is InChI=1S/C15H21N3O/c1-3-13(12-8-6-5-7-9-12)14(19)10-15-16-11-17-18(15)4-2/h5-9,11,13-14,19H,3-4,10H2,1-2H3. The van der Waals surface area contributed by atoms with E-state index in [2.05, 4.69) is 29.1 Å². The number of hydrogen-bond donors (Lipinski definition) is 1. The first-order valence-corrected chi connectivity index (χ1v) is 6.85. The topological polar surface area (TPSA) is 50.9 Å². The fourth-order valence-electron chi connectivity index (χ4n) is 2.47. The maximum absolute atomic E-state index is 10.5. The number of nitrogens with zero attached hydrogens (tertiary/aromatic N) is 3. The normalized spacial score (nSPS) is 14.3. The van der Waals surface area contributed by atoms with Gasteiger partial charge >= 0.3 is 0 Å². The highest BCUT2D eigenvalue weighted by molar-refractivity contribution is 5.21. The van der Waals surface area contributed by atoms with E-state index >= 15 is 0 Å². The van der Waals surface area contributed by atoms with Crippen LogP contribution in [0.15, 0.2) is 36.7 Å². The molecule has 0 bridgehead atoms. The monoisotopic (exact) mass is 259 g/mol. The molecule has 19 heavy (non-hydrogen) atoms. The molecule has 2 aromatic rings. The third-order valence-electron chi connectivity index (χ3n) is 3.52. The molecule has 1 aromatic carbocycles. The molecule has 0 aliphatic carbocycles. The molecule has 0 saturated carbocycles. The van der Waals surface area contributed by atoms with Crippen molar-refractivity contribution in [1.29, 1.82) is 0 Å². The lowest BCUT2D eigenvalue weighted by atomic mass is 9.89. The van der Waals surface area contributed by atoms with Crippen molar-refractivity contribution in [1.82, 2.24) is 14.8 Å².